The molecule has 1 saturated carbocycles. The van der Waals surface area contributed by atoms with E-state index >= 15 is 0 Å². The van der Waals surface area contributed by atoms with E-state index in [0.29, 0.717) is 36.8 Å². The van der Waals surface area contributed by atoms with Crippen LogP contribution in [-0.4, -0.2) is 152 Å². The number of nitrogens with one attached hydrogen (secondary N) is 2. The number of fused-ring (bicyclic) bond motifs is 1. The number of aromatic nitrogens is 1. The summed E-state index contributed by atoms with van der Waals surface area (Å²) in [5.41, 5.74) is 1.29. The van der Waals surface area contributed by atoms with Crippen molar-refractivity contribution in [2.75, 3.05) is 73.2 Å². The molecule has 2 atom stereocenters. The lowest BCUT2D eigenvalue weighted by Crippen LogP contribution is -2.56. The van der Waals surface area contributed by atoms with Gasteiger partial charge in [0.15, 0.2) is 6.61 Å². The maximum Gasteiger partial charge on any atom is 0.409 e. The number of nitrogens with zero attached hydrogens (tertiary/aromatic N) is 5. The lowest BCUT2D eigenvalue weighted by Gasteiger charge is -2.36. The molecule has 16 heteroatoms. The van der Waals surface area contributed by atoms with Crippen LogP contribution in [0.4, 0.5) is 4.79 Å². The van der Waals surface area contributed by atoms with Gasteiger partial charge in [-0.15, -0.1) is 0 Å². The summed E-state index contributed by atoms with van der Waals surface area (Å²) in [6.07, 6.45) is 3.68. The number of hydrogen-bond acceptors (Lipinski definition) is 11. The first-order valence-electron chi connectivity index (χ1n) is 18.9. The van der Waals surface area contributed by atoms with Crippen molar-refractivity contribution >= 4 is 46.6 Å². The van der Waals surface area contributed by atoms with E-state index in [2.05, 4.69) is 15.6 Å². The summed E-state index contributed by atoms with van der Waals surface area (Å²) in [6, 6.07) is 5.40. The van der Waals surface area contributed by atoms with E-state index in [-0.39, 0.29) is 88.1 Å². The second kappa shape index (κ2) is 18.9. The molecular formula is C38H53N7O9. The highest BCUT2D eigenvalue weighted by atomic mass is 16.6. The van der Waals surface area contributed by atoms with E-state index in [1.165, 1.54) is 11.0 Å². The molecule has 2 saturated heterocycles. The van der Waals surface area contributed by atoms with Crippen molar-refractivity contribution in [2.45, 2.75) is 76.9 Å². The van der Waals surface area contributed by atoms with Crippen molar-refractivity contribution < 1.29 is 43.0 Å². The molecule has 3 heterocycles. The van der Waals surface area contributed by atoms with Crippen LogP contribution >= 0.6 is 0 Å². The standard InChI is InChI=1S/C38H53N7O9/c1-5-52-38(51)44-18-16-43(17-19-44)37(50)28(13-14-34(47)53-21-20-42(3)4)41-35(48)30-23-32(27-12-11-25(2)22-29(27)40-30)54-24-33(46)45-15-7-10-31(45)36(49)39-26-8-6-9-26/h11-12,22-23,26,28,31H,5-10,13-21,24H2,1-4H3,(H,39,49)(H,41,48)/t28-,31-/m0/s1. The Morgan fingerprint density at radius 3 is 2.37 bits per heavy atom. The molecule has 1 aromatic carbocycles. The van der Waals surface area contributed by atoms with Crippen molar-refractivity contribution in [2.24, 2.45) is 0 Å². The summed E-state index contributed by atoms with van der Waals surface area (Å²) in [6.45, 7) is 5.61. The Morgan fingerprint density at radius 2 is 1.69 bits per heavy atom. The Hall–Kier alpha value is -4.99. The molecule has 0 spiro atoms. The number of ether oxygens (including phenoxy) is 3. The number of likely N-dealkylation sites (tertiary alicyclic amines) is 1. The van der Waals surface area contributed by atoms with Gasteiger partial charge in [0.25, 0.3) is 11.8 Å². The van der Waals surface area contributed by atoms with Crippen molar-refractivity contribution in [3.8, 4) is 5.75 Å². The van der Waals surface area contributed by atoms with E-state index in [0.717, 1.165) is 24.8 Å². The number of amides is 5. The van der Waals surface area contributed by atoms with Gasteiger partial charge in [0.2, 0.25) is 11.8 Å². The van der Waals surface area contributed by atoms with Gasteiger partial charge >= 0.3 is 12.1 Å². The summed E-state index contributed by atoms with van der Waals surface area (Å²) in [7, 11) is 3.72. The highest BCUT2D eigenvalue weighted by Crippen LogP contribution is 2.28. The Kier molecular flexibility index (Phi) is 14.0. The maximum absolute atomic E-state index is 13.9. The predicted molar refractivity (Wildman–Crippen MR) is 198 cm³/mol. The Balaban J connectivity index is 1.30. The number of carbonyl (C=O) groups excluding carboxylic acids is 6. The summed E-state index contributed by atoms with van der Waals surface area (Å²) in [5.74, 6) is -1.82. The minimum Gasteiger partial charge on any atom is -0.483 e. The van der Waals surface area contributed by atoms with Crippen molar-refractivity contribution in [3.05, 3.63) is 35.5 Å². The SMILES string of the molecule is CCOC(=O)N1CCN(C(=O)[C@H](CCC(=O)OCCN(C)C)NC(=O)c2cc(OCC(=O)N3CCC[C@H]3C(=O)NC3CCC3)c3ccc(C)cc3n2)CC1. The van der Waals surface area contributed by atoms with Gasteiger partial charge in [-0.2, -0.15) is 0 Å². The molecule has 2 aromatic rings. The van der Waals surface area contributed by atoms with E-state index in [4.69, 9.17) is 14.2 Å². The maximum atomic E-state index is 13.9. The number of benzene rings is 1. The third-order valence-corrected chi connectivity index (χ3v) is 10.00. The molecule has 1 aromatic heterocycles. The first-order chi connectivity index (χ1) is 25.9. The van der Waals surface area contributed by atoms with E-state index in [1.54, 1.807) is 28.9 Å². The zero-order valence-corrected chi connectivity index (χ0v) is 31.8. The van der Waals surface area contributed by atoms with Crippen molar-refractivity contribution in [3.63, 3.8) is 0 Å². The van der Waals surface area contributed by atoms with Gasteiger partial charge in [-0.1, -0.05) is 6.07 Å². The minimum absolute atomic E-state index is 0.0284. The third-order valence-electron chi connectivity index (χ3n) is 10.00. The second-order valence-electron chi connectivity index (χ2n) is 14.3. The van der Waals surface area contributed by atoms with Gasteiger partial charge in [0.05, 0.1) is 12.1 Å². The number of carbonyl (C=O) groups is 6. The quantitative estimate of drug-likeness (QED) is 0.254. The van der Waals surface area contributed by atoms with Crippen LogP contribution in [0.15, 0.2) is 24.3 Å². The van der Waals surface area contributed by atoms with Crippen molar-refractivity contribution in [1.29, 1.82) is 0 Å². The van der Waals surface area contributed by atoms with E-state index in [1.807, 2.05) is 32.0 Å². The van der Waals surface area contributed by atoms with Crippen LogP contribution in [0.25, 0.3) is 10.9 Å². The van der Waals surface area contributed by atoms with E-state index in [9.17, 15) is 28.8 Å². The molecule has 3 fully saturated rings. The summed E-state index contributed by atoms with van der Waals surface area (Å²) in [5, 5.41) is 6.41. The molecule has 16 nitrogen and oxygen atoms in total. The number of piperazine rings is 1. The summed E-state index contributed by atoms with van der Waals surface area (Å²) in [4.78, 5) is 90.1. The number of rotatable bonds is 15. The van der Waals surface area contributed by atoms with Crippen LogP contribution in [0.5, 0.6) is 5.75 Å². The normalized spacial score (nSPS) is 17.9. The monoisotopic (exact) mass is 751 g/mol. The number of pyridine rings is 1. The zero-order chi connectivity index (χ0) is 38.8. The lowest BCUT2D eigenvalue weighted by atomic mass is 9.93. The fourth-order valence-electron chi connectivity index (χ4n) is 6.66. The van der Waals surface area contributed by atoms with Crippen LogP contribution in [0.1, 0.15) is 67.9 Å². The molecule has 0 unspecified atom stereocenters. The average Bonchev–Trinajstić information content (AvgIpc) is 3.63. The largest absolute Gasteiger partial charge is 0.483 e. The fourth-order valence-corrected chi connectivity index (χ4v) is 6.66. The van der Waals surface area contributed by atoms with E-state index < -0.39 is 36.0 Å². The van der Waals surface area contributed by atoms with Crippen LogP contribution in [0.3, 0.4) is 0 Å². The average molecular weight is 752 g/mol. The molecule has 2 N–H and O–H groups in total. The molecule has 0 radical (unpaired) electrons. The van der Waals surface area contributed by atoms with Gasteiger partial charge in [-0.3, -0.25) is 24.0 Å². The highest BCUT2D eigenvalue weighted by Gasteiger charge is 2.36. The smallest absolute Gasteiger partial charge is 0.409 e. The first-order valence-corrected chi connectivity index (χ1v) is 18.9. The predicted octanol–water partition coefficient (Wildman–Crippen LogP) is 1.87. The molecule has 294 valence electrons. The number of aryl methyl sites for hydroxylation is 1. The molecule has 54 heavy (non-hydrogen) atoms. The third kappa shape index (κ3) is 10.6. The number of likely N-dealkylation sites (N-methyl/N-ethyl adjacent to an activating group) is 1. The lowest BCUT2D eigenvalue weighted by molar-refractivity contribution is -0.144. The van der Waals surface area contributed by atoms with Crippen LogP contribution in [0.2, 0.25) is 0 Å². The minimum atomic E-state index is -1.10. The number of esters is 1. The summed E-state index contributed by atoms with van der Waals surface area (Å²) >= 11 is 0. The number of hydrogen-bond donors (Lipinski definition) is 2. The Morgan fingerprint density at radius 1 is 0.944 bits per heavy atom. The van der Waals surface area contributed by atoms with Gasteiger partial charge in [0.1, 0.15) is 30.1 Å². The topological polar surface area (TPSA) is 180 Å². The molecule has 1 aliphatic carbocycles. The van der Waals surface area contributed by atoms with Gasteiger partial charge < -0.3 is 44.4 Å². The van der Waals surface area contributed by atoms with Gasteiger partial charge in [0, 0.05) is 63.2 Å². The van der Waals surface area contributed by atoms with Crippen molar-refractivity contribution in [1.82, 2.24) is 35.2 Å². The van der Waals surface area contributed by atoms with Gasteiger partial charge in [-0.05, 0) is 84.2 Å². The molecular weight excluding hydrogens is 698 g/mol. The highest BCUT2D eigenvalue weighted by molar-refractivity contribution is 5.99. The van der Waals surface area contributed by atoms with Crippen LogP contribution in [-0.2, 0) is 28.7 Å². The molecule has 5 rings (SSSR count). The van der Waals surface area contributed by atoms with Crippen LogP contribution < -0.4 is 15.4 Å². The first kappa shape index (κ1) is 40.2. The second-order valence-corrected chi connectivity index (χ2v) is 14.3. The zero-order valence-electron chi connectivity index (χ0n) is 31.8. The Bertz CT molecular complexity index is 1690. The molecule has 2 aliphatic heterocycles. The summed E-state index contributed by atoms with van der Waals surface area (Å²) < 4.78 is 16.5. The Labute approximate surface area is 315 Å². The van der Waals surface area contributed by atoms with Crippen LogP contribution in [0, 0.1) is 6.92 Å². The van der Waals surface area contributed by atoms with Gasteiger partial charge in [-0.25, -0.2) is 9.78 Å². The molecule has 5 amide bonds. The molecule has 3 aliphatic rings. The fraction of sp³-hybridized carbons (Fsp3) is 0.605. The molecule has 0 bridgehead atoms.